The Kier molecular flexibility index (Phi) is 5.22. The van der Waals surface area contributed by atoms with Crippen LogP contribution in [0.1, 0.15) is 24.7 Å². The number of hydrogen-bond acceptors (Lipinski definition) is 5. The molecule has 1 N–H and O–H groups in total. The second-order valence-corrected chi connectivity index (χ2v) is 6.77. The van der Waals surface area contributed by atoms with E-state index >= 15 is 0 Å². The van der Waals surface area contributed by atoms with Crippen molar-refractivity contribution in [2.24, 2.45) is 0 Å². The molecule has 2 rings (SSSR count). The van der Waals surface area contributed by atoms with Crippen molar-refractivity contribution < 1.29 is 17.3 Å². The average molecular weight is 312 g/mol. The van der Waals surface area contributed by atoms with Crippen LogP contribution in [-0.2, 0) is 23.1 Å². The number of rotatable bonds is 8. The predicted octanol–water partition coefficient (Wildman–Crippen LogP) is 2.19. The van der Waals surface area contributed by atoms with Gasteiger partial charge in [-0.25, -0.2) is 8.42 Å². The van der Waals surface area contributed by atoms with E-state index < -0.39 is 10.0 Å². The first-order valence-electron chi connectivity index (χ1n) is 6.81. The highest BCUT2D eigenvalue weighted by molar-refractivity contribution is 7.88. The van der Waals surface area contributed by atoms with E-state index in [0.29, 0.717) is 12.3 Å². The summed E-state index contributed by atoms with van der Waals surface area (Å²) in [5, 5.41) is 3.13. The zero-order chi connectivity index (χ0) is 15.3. The Hall–Kier alpha value is -1.57. The number of nitrogens with one attached hydrogen (secondary N) is 1. The van der Waals surface area contributed by atoms with Gasteiger partial charge in [-0.1, -0.05) is 6.92 Å². The summed E-state index contributed by atoms with van der Waals surface area (Å²) in [6, 6.07) is 4.90. The van der Waals surface area contributed by atoms with Gasteiger partial charge in [-0.15, -0.1) is 0 Å². The molecular formula is C14H20N2O4S. The van der Waals surface area contributed by atoms with Crippen LogP contribution >= 0.6 is 0 Å². The molecule has 0 saturated heterocycles. The maximum atomic E-state index is 12.4. The summed E-state index contributed by atoms with van der Waals surface area (Å²) in [7, 11) is -2.11. The van der Waals surface area contributed by atoms with Crippen LogP contribution in [0.5, 0.6) is 0 Å². The standard InChI is InChI=1S/C14H20N2O4S/c1-3-7-15-9-13-4-5-14(20-13)21(17,18)16(2)10-12-6-8-19-11-12/h4-6,8,11,15H,3,7,9-10H2,1-2H3. The van der Waals surface area contributed by atoms with E-state index in [1.165, 1.54) is 29.9 Å². The van der Waals surface area contributed by atoms with Crippen molar-refractivity contribution in [3.63, 3.8) is 0 Å². The van der Waals surface area contributed by atoms with Crippen LogP contribution in [0.4, 0.5) is 0 Å². The fourth-order valence-corrected chi connectivity index (χ4v) is 2.94. The van der Waals surface area contributed by atoms with Crippen LogP contribution in [0.2, 0.25) is 0 Å². The Labute approximate surface area is 124 Å². The summed E-state index contributed by atoms with van der Waals surface area (Å²) in [6.07, 6.45) is 4.05. The molecule has 2 aromatic heterocycles. The van der Waals surface area contributed by atoms with Crippen molar-refractivity contribution in [1.29, 1.82) is 0 Å². The molecule has 0 atom stereocenters. The Morgan fingerprint density at radius 2 is 2.10 bits per heavy atom. The van der Waals surface area contributed by atoms with Gasteiger partial charge in [0.15, 0.2) is 0 Å². The molecule has 0 aliphatic rings. The lowest BCUT2D eigenvalue weighted by atomic mass is 10.3. The van der Waals surface area contributed by atoms with Gasteiger partial charge in [-0.3, -0.25) is 0 Å². The molecule has 0 unspecified atom stereocenters. The molecule has 0 spiro atoms. The van der Waals surface area contributed by atoms with Crippen LogP contribution in [0, 0.1) is 0 Å². The Balaban J connectivity index is 2.04. The van der Waals surface area contributed by atoms with E-state index in [1.54, 1.807) is 12.1 Å². The van der Waals surface area contributed by atoms with Gasteiger partial charge in [-0.2, -0.15) is 4.31 Å². The van der Waals surface area contributed by atoms with Gasteiger partial charge >= 0.3 is 0 Å². The van der Waals surface area contributed by atoms with Crippen molar-refractivity contribution in [1.82, 2.24) is 9.62 Å². The third-order valence-electron chi connectivity index (χ3n) is 3.01. The average Bonchev–Trinajstić information content (AvgIpc) is 3.10. The van der Waals surface area contributed by atoms with Crippen molar-refractivity contribution in [3.05, 3.63) is 42.0 Å². The normalized spacial score (nSPS) is 12.1. The quantitative estimate of drug-likeness (QED) is 0.756. The minimum atomic E-state index is -3.63. The van der Waals surface area contributed by atoms with Gasteiger partial charge in [-0.05, 0) is 31.2 Å². The van der Waals surface area contributed by atoms with Gasteiger partial charge in [0.05, 0.1) is 19.1 Å². The Bertz CT molecular complexity index is 646. The topological polar surface area (TPSA) is 75.7 Å². The first-order valence-corrected chi connectivity index (χ1v) is 8.25. The number of sulfonamides is 1. The van der Waals surface area contributed by atoms with Crippen LogP contribution in [-0.4, -0.2) is 26.3 Å². The molecule has 21 heavy (non-hydrogen) atoms. The molecule has 0 saturated carbocycles. The molecule has 2 aromatic rings. The SMILES string of the molecule is CCCNCc1ccc(S(=O)(=O)N(C)Cc2ccoc2)o1. The zero-order valence-corrected chi connectivity index (χ0v) is 13.0. The number of nitrogens with zero attached hydrogens (tertiary/aromatic N) is 1. The third-order valence-corrected chi connectivity index (χ3v) is 4.69. The highest BCUT2D eigenvalue weighted by atomic mass is 32.2. The highest BCUT2D eigenvalue weighted by Crippen LogP contribution is 2.19. The summed E-state index contributed by atoms with van der Waals surface area (Å²) in [4.78, 5) is 0. The first kappa shape index (κ1) is 15.8. The minimum absolute atomic E-state index is 0.0400. The number of furan rings is 2. The smallest absolute Gasteiger partial charge is 0.276 e. The summed E-state index contributed by atoms with van der Waals surface area (Å²) in [5.74, 6) is 0.610. The van der Waals surface area contributed by atoms with E-state index in [-0.39, 0.29) is 11.6 Å². The maximum Gasteiger partial charge on any atom is 0.276 e. The van der Waals surface area contributed by atoms with Crippen LogP contribution in [0.25, 0.3) is 0 Å². The monoisotopic (exact) mass is 312 g/mol. The lowest BCUT2D eigenvalue weighted by molar-refractivity contribution is 0.379. The first-order chi connectivity index (χ1) is 10.0. The van der Waals surface area contributed by atoms with Crippen LogP contribution < -0.4 is 5.32 Å². The summed E-state index contributed by atoms with van der Waals surface area (Å²) in [5.41, 5.74) is 0.789. The van der Waals surface area contributed by atoms with Crippen LogP contribution in [0.3, 0.4) is 0 Å². The second-order valence-electron chi connectivity index (χ2n) is 4.79. The summed E-state index contributed by atoms with van der Waals surface area (Å²) in [6.45, 7) is 3.69. The van der Waals surface area contributed by atoms with E-state index in [2.05, 4.69) is 12.2 Å². The summed E-state index contributed by atoms with van der Waals surface area (Å²) < 4.78 is 36.4. The van der Waals surface area contributed by atoms with Crippen molar-refractivity contribution in [2.75, 3.05) is 13.6 Å². The molecule has 0 bridgehead atoms. The zero-order valence-electron chi connectivity index (χ0n) is 12.2. The van der Waals surface area contributed by atoms with Gasteiger partial charge in [0.2, 0.25) is 5.09 Å². The lowest BCUT2D eigenvalue weighted by Crippen LogP contribution is -2.26. The molecule has 0 aliphatic carbocycles. The minimum Gasteiger partial charge on any atom is -0.472 e. The maximum absolute atomic E-state index is 12.4. The van der Waals surface area contributed by atoms with E-state index in [0.717, 1.165) is 18.5 Å². The van der Waals surface area contributed by atoms with Crippen LogP contribution in [0.15, 0.2) is 44.7 Å². The second kappa shape index (κ2) is 6.93. The summed E-state index contributed by atoms with van der Waals surface area (Å²) >= 11 is 0. The van der Waals surface area contributed by atoms with Gasteiger partial charge in [0.25, 0.3) is 10.0 Å². The van der Waals surface area contributed by atoms with Gasteiger partial charge < -0.3 is 14.2 Å². The lowest BCUT2D eigenvalue weighted by Gasteiger charge is -2.14. The van der Waals surface area contributed by atoms with Crippen molar-refractivity contribution in [2.45, 2.75) is 31.5 Å². The fraction of sp³-hybridized carbons (Fsp3) is 0.429. The van der Waals surface area contributed by atoms with Gasteiger partial charge in [0.1, 0.15) is 5.76 Å². The Morgan fingerprint density at radius 1 is 1.29 bits per heavy atom. The molecule has 0 amide bonds. The van der Waals surface area contributed by atoms with Crippen molar-refractivity contribution in [3.8, 4) is 0 Å². The van der Waals surface area contributed by atoms with Gasteiger partial charge in [0, 0.05) is 19.2 Å². The predicted molar refractivity (Wildman–Crippen MR) is 78.1 cm³/mol. The molecule has 2 heterocycles. The number of hydrogen-bond donors (Lipinski definition) is 1. The molecule has 0 radical (unpaired) electrons. The molecule has 116 valence electrons. The molecule has 0 aliphatic heterocycles. The van der Waals surface area contributed by atoms with E-state index in [4.69, 9.17) is 8.83 Å². The van der Waals surface area contributed by atoms with E-state index in [1.807, 2.05) is 0 Å². The molecular weight excluding hydrogens is 292 g/mol. The molecule has 0 fully saturated rings. The Morgan fingerprint density at radius 3 is 2.76 bits per heavy atom. The van der Waals surface area contributed by atoms with Crippen molar-refractivity contribution >= 4 is 10.0 Å². The molecule has 6 nitrogen and oxygen atoms in total. The third kappa shape index (κ3) is 3.96. The molecule has 7 heteroatoms. The largest absolute Gasteiger partial charge is 0.472 e. The van der Waals surface area contributed by atoms with E-state index in [9.17, 15) is 8.42 Å². The highest BCUT2D eigenvalue weighted by Gasteiger charge is 2.24. The fourth-order valence-electron chi connectivity index (χ4n) is 1.86. The molecule has 0 aromatic carbocycles.